The Morgan fingerprint density at radius 1 is 0.898 bits per heavy atom. The highest BCUT2D eigenvalue weighted by Gasteiger charge is 2.57. The van der Waals surface area contributed by atoms with Crippen LogP contribution < -0.4 is 10.2 Å². The van der Waals surface area contributed by atoms with Crippen molar-refractivity contribution in [2.24, 2.45) is 17.8 Å². The van der Waals surface area contributed by atoms with E-state index < -0.39 is 25.1 Å². The largest absolute Gasteiger partial charge is 0.507 e. The number of nitrogens with one attached hydrogen (secondary N) is 1. The van der Waals surface area contributed by atoms with Crippen LogP contribution in [0.25, 0.3) is 11.6 Å². The number of amides is 2. The molecule has 2 aliphatic heterocycles. The molecule has 0 radical (unpaired) electrons. The third kappa shape index (κ3) is 6.70. The minimum Gasteiger partial charge on any atom is -0.507 e. The monoisotopic (exact) mass is 654 g/mol. The van der Waals surface area contributed by atoms with Gasteiger partial charge in [-0.15, -0.1) is 0 Å². The molecule has 4 atom stereocenters. The lowest BCUT2D eigenvalue weighted by molar-refractivity contribution is -0.122. The summed E-state index contributed by atoms with van der Waals surface area (Å²) in [5.74, 6) is -1.77. The molecule has 8 nitrogen and oxygen atoms in total. The zero-order chi connectivity index (χ0) is 33.9. The standard InChI is InChI=1S/C40H39BN2O6/c1-48-25-29-23-33-38(40(46)43(39(33)45)32-19-17-31(18-20-32)42-30-13-6-3-7-14-30)34-24-41(47)49-36(37(29)34)21-16-27(26-10-4-2-5-11-26)22-28-12-8-9-15-35(28)44/h2-15,17-20,22,33-34,36,38,42,44,47H,16,21,23-25H2,1H3/b27-22-/t33-,34+,36-,38-/m1/s1. The first-order chi connectivity index (χ1) is 23.9. The van der Waals surface area contributed by atoms with Crippen molar-refractivity contribution >= 4 is 47.6 Å². The summed E-state index contributed by atoms with van der Waals surface area (Å²) in [4.78, 5) is 29.5. The molecule has 2 saturated heterocycles. The molecule has 0 unspecified atom stereocenters. The fourth-order valence-corrected chi connectivity index (χ4v) is 7.74. The van der Waals surface area contributed by atoms with Crippen LogP contribution in [0.15, 0.2) is 120 Å². The highest BCUT2D eigenvalue weighted by molar-refractivity contribution is 6.43. The van der Waals surface area contributed by atoms with Crippen molar-refractivity contribution in [2.75, 3.05) is 23.9 Å². The number of para-hydroxylation sites is 2. The van der Waals surface area contributed by atoms with E-state index >= 15 is 0 Å². The van der Waals surface area contributed by atoms with Gasteiger partial charge in [-0.3, -0.25) is 14.5 Å². The average molecular weight is 655 g/mol. The molecule has 0 aromatic heterocycles. The summed E-state index contributed by atoms with van der Waals surface area (Å²) < 4.78 is 11.9. The Labute approximate surface area is 286 Å². The van der Waals surface area contributed by atoms with Gasteiger partial charge in [0, 0.05) is 24.0 Å². The highest BCUT2D eigenvalue weighted by atomic mass is 16.5. The van der Waals surface area contributed by atoms with Crippen LogP contribution in [0, 0.1) is 17.8 Å². The van der Waals surface area contributed by atoms with Crippen molar-refractivity contribution in [2.45, 2.75) is 31.7 Å². The SMILES string of the molecule is COCC1=C2[C@@H](CC/C(=C/c3ccccc3O)c3ccccc3)OB(O)C[C@@H]2[C@@H]2C(=O)N(c3ccc(Nc4ccccc4)cc3)C(=O)[C@@H]2C1. The van der Waals surface area contributed by atoms with Crippen LogP contribution >= 0.6 is 0 Å². The first kappa shape index (κ1) is 32.6. The number of aromatic hydroxyl groups is 1. The summed E-state index contributed by atoms with van der Waals surface area (Å²) in [5.41, 5.74) is 6.98. The molecule has 0 bridgehead atoms. The average Bonchev–Trinajstić information content (AvgIpc) is 3.37. The molecule has 1 aliphatic carbocycles. The molecule has 2 heterocycles. The van der Waals surface area contributed by atoms with E-state index in [1.54, 1.807) is 31.4 Å². The molecule has 3 aliphatic rings. The number of carbonyl (C=O) groups is 2. The molecule has 4 aromatic carbocycles. The number of hydrogen-bond donors (Lipinski definition) is 3. The van der Waals surface area contributed by atoms with Gasteiger partial charge in [-0.1, -0.05) is 66.7 Å². The Morgan fingerprint density at radius 2 is 1.57 bits per heavy atom. The summed E-state index contributed by atoms with van der Waals surface area (Å²) in [7, 11) is 0.549. The van der Waals surface area contributed by atoms with E-state index in [0.717, 1.165) is 33.7 Å². The second kappa shape index (κ2) is 14.3. The number of benzene rings is 4. The molecule has 4 aromatic rings. The van der Waals surface area contributed by atoms with Crippen LogP contribution in [-0.2, 0) is 19.0 Å². The Kier molecular flexibility index (Phi) is 9.48. The van der Waals surface area contributed by atoms with Gasteiger partial charge in [0.2, 0.25) is 11.8 Å². The van der Waals surface area contributed by atoms with Crippen LogP contribution in [0.5, 0.6) is 5.75 Å². The Bertz CT molecular complexity index is 1880. The van der Waals surface area contributed by atoms with E-state index in [1.165, 1.54) is 4.90 Å². The van der Waals surface area contributed by atoms with E-state index in [2.05, 4.69) is 5.32 Å². The smallest absolute Gasteiger partial charge is 0.455 e. The molecular formula is C40H39BN2O6. The van der Waals surface area contributed by atoms with Gasteiger partial charge in [0.05, 0.1) is 30.2 Å². The van der Waals surface area contributed by atoms with E-state index in [9.17, 15) is 19.7 Å². The number of phenolic OH excluding ortho intramolecular Hbond substituents is 1. The number of rotatable bonds is 10. The first-order valence-corrected chi connectivity index (χ1v) is 16.8. The molecule has 2 fully saturated rings. The third-order valence-corrected chi connectivity index (χ3v) is 9.90. The van der Waals surface area contributed by atoms with Crippen LogP contribution in [0.3, 0.4) is 0 Å². The lowest BCUT2D eigenvalue weighted by atomic mass is 9.58. The second-order valence-electron chi connectivity index (χ2n) is 12.9. The zero-order valence-corrected chi connectivity index (χ0v) is 27.4. The number of anilines is 3. The molecule has 49 heavy (non-hydrogen) atoms. The minimum atomic E-state index is -1.08. The number of hydrogen-bond acceptors (Lipinski definition) is 7. The number of phenols is 1. The lowest BCUT2D eigenvalue weighted by Gasteiger charge is -2.43. The van der Waals surface area contributed by atoms with Gasteiger partial charge in [0.25, 0.3) is 0 Å². The number of allylic oxidation sites excluding steroid dienone is 1. The topological polar surface area (TPSA) is 108 Å². The Hall–Kier alpha value is -4.96. The zero-order valence-electron chi connectivity index (χ0n) is 27.4. The predicted molar refractivity (Wildman–Crippen MR) is 192 cm³/mol. The van der Waals surface area contributed by atoms with Crippen molar-refractivity contribution in [3.8, 4) is 5.75 Å². The van der Waals surface area contributed by atoms with Crippen LogP contribution in [0.2, 0.25) is 6.32 Å². The number of carbonyl (C=O) groups excluding carboxylic acids is 2. The molecule has 9 heteroatoms. The van der Waals surface area contributed by atoms with Gasteiger partial charge in [-0.05, 0) is 102 Å². The van der Waals surface area contributed by atoms with Gasteiger partial charge in [0.1, 0.15) is 5.75 Å². The molecule has 0 saturated carbocycles. The number of fused-ring (bicyclic) bond motifs is 3. The fraction of sp³-hybridized carbons (Fsp3) is 0.250. The van der Waals surface area contributed by atoms with Crippen LogP contribution in [0.1, 0.15) is 30.4 Å². The maximum Gasteiger partial charge on any atom is 0.455 e. The van der Waals surface area contributed by atoms with E-state index in [4.69, 9.17) is 9.39 Å². The molecular weight excluding hydrogens is 615 g/mol. The summed E-state index contributed by atoms with van der Waals surface area (Å²) in [6.07, 6.45) is 3.25. The van der Waals surface area contributed by atoms with Gasteiger partial charge < -0.3 is 24.8 Å². The molecule has 2 amide bonds. The Morgan fingerprint density at radius 3 is 2.29 bits per heavy atom. The quantitative estimate of drug-likeness (QED) is 0.0725. The normalized spacial score (nSPS) is 22.3. The van der Waals surface area contributed by atoms with E-state index in [0.29, 0.717) is 37.1 Å². The van der Waals surface area contributed by atoms with Gasteiger partial charge >= 0.3 is 7.12 Å². The van der Waals surface area contributed by atoms with Gasteiger partial charge in [0.15, 0.2) is 0 Å². The number of ether oxygens (including phenoxy) is 1. The molecule has 3 N–H and O–H groups in total. The van der Waals surface area contributed by atoms with Crippen molar-refractivity contribution in [1.29, 1.82) is 0 Å². The van der Waals surface area contributed by atoms with Crippen LogP contribution in [-0.4, -0.2) is 48.9 Å². The Balaban J connectivity index is 1.16. The number of imide groups is 1. The minimum absolute atomic E-state index is 0.194. The summed E-state index contributed by atoms with van der Waals surface area (Å²) in [6, 6.07) is 34.3. The van der Waals surface area contributed by atoms with Crippen LogP contribution in [0.4, 0.5) is 17.1 Å². The first-order valence-electron chi connectivity index (χ1n) is 16.8. The van der Waals surface area contributed by atoms with Crippen molar-refractivity contribution in [3.05, 3.63) is 131 Å². The lowest BCUT2D eigenvalue weighted by Crippen LogP contribution is -2.46. The van der Waals surface area contributed by atoms with Gasteiger partial charge in [-0.25, -0.2) is 0 Å². The second-order valence-corrected chi connectivity index (χ2v) is 12.9. The fourth-order valence-electron chi connectivity index (χ4n) is 7.74. The maximum atomic E-state index is 14.2. The van der Waals surface area contributed by atoms with Crippen molar-refractivity contribution < 1.29 is 29.1 Å². The van der Waals surface area contributed by atoms with E-state index in [-0.39, 0.29) is 29.8 Å². The summed E-state index contributed by atoms with van der Waals surface area (Å²) in [6.45, 7) is 0.311. The van der Waals surface area contributed by atoms with Crippen molar-refractivity contribution in [3.63, 3.8) is 0 Å². The van der Waals surface area contributed by atoms with Gasteiger partial charge in [-0.2, -0.15) is 0 Å². The molecule has 0 spiro atoms. The molecule has 248 valence electrons. The summed E-state index contributed by atoms with van der Waals surface area (Å²) in [5, 5.41) is 24.9. The predicted octanol–water partition coefficient (Wildman–Crippen LogP) is 7.10. The molecule has 7 rings (SSSR count). The summed E-state index contributed by atoms with van der Waals surface area (Å²) >= 11 is 0. The van der Waals surface area contributed by atoms with Crippen molar-refractivity contribution in [1.82, 2.24) is 0 Å². The number of methoxy groups -OCH3 is 1. The highest BCUT2D eigenvalue weighted by Crippen LogP contribution is 2.51. The maximum absolute atomic E-state index is 14.2. The number of nitrogens with zero attached hydrogens (tertiary/aromatic N) is 1. The third-order valence-electron chi connectivity index (χ3n) is 9.90. The van der Waals surface area contributed by atoms with E-state index in [1.807, 2.05) is 91.0 Å².